The van der Waals surface area contributed by atoms with Crippen LogP contribution in [0.4, 0.5) is 0 Å². The van der Waals surface area contributed by atoms with Crippen LogP contribution in [0.1, 0.15) is 16.1 Å². The Balaban J connectivity index is 1.86. The molecule has 98 valence electrons. The van der Waals surface area contributed by atoms with Crippen molar-refractivity contribution in [2.75, 3.05) is 6.61 Å². The second-order valence-electron chi connectivity index (χ2n) is 4.06. The number of rotatable bonds is 6. The van der Waals surface area contributed by atoms with E-state index in [9.17, 15) is 0 Å². The second kappa shape index (κ2) is 6.88. The van der Waals surface area contributed by atoms with Crippen molar-refractivity contribution in [3.05, 3.63) is 45.9 Å². The fourth-order valence-electron chi connectivity index (χ4n) is 1.68. The van der Waals surface area contributed by atoms with E-state index in [4.69, 9.17) is 10.00 Å². The van der Waals surface area contributed by atoms with E-state index in [1.54, 1.807) is 11.3 Å². The molecule has 0 aliphatic carbocycles. The van der Waals surface area contributed by atoms with Gasteiger partial charge in [-0.25, -0.2) is 4.98 Å². The lowest BCUT2D eigenvalue weighted by molar-refractivity contribution is 0.367. The molecule has 2 aromatic rings. The van der Waals surface area contributed by atoms with E-state index in [-0.39, 0.29) is 6.61 Å². The van der Waals surface area contributed by atoms with Gasteiger partial charge in [0.05, 0.1) is 11.2 Å². The molecule has 0 fully saturated rings. The Labute approximate surface area is 116 Å². The van der Waals surface area contributed by atoms with Crippen LogP contribution in [-0.2, 0) is 13.1 Å². The average Bonchev–Trinajstić information content (AvgIpc) is 2.83. The van der Waals surface area contributed by atoms with Gasteiger partial charge in [0.15, 0.2) is 6.61 Å². The van der Waals surface area contributed by atoms with Gasteiger partial charge in [0, 0.05) is 18.0 Å². The first kappa shape index (κ1) is 13.5. The van der Waals surface area contributed by atoms with Gasteiger partial charge in [-0.05, 0) is 24.6 Å². The quantitative estimate of drug-likeness (QED) is 0.879. The number of nitrogens with zero attached hydrogens (tertiary/aromatic N) is 2. The van der Waals surface area contributed by atoms with Gasteiger partial charge in [-0.2, -0.15) is 5.26 Å². The highest BCUT2D eigenvalue weighted by Crippen LogP contribution is 2.14. The maximum atomic E-state index is 8.48. The van der Waals surface area contributed by atoms with Crippen LogP contribution >= 0.6 is 11.3 Å². The normalized spacial score (nSPS) is 10.1. The summed E-state index contributed by atoms with van der Waals surface area (Å²) >= 11 is 1.66. The standard InChI is InChI=1S/C14H15N3OS/c1-11-14(19-10-17-11)9-16-8-12-3-2-4-13(7-12)18-6-5-15/h2-4,7,10,16H,6,8-9H2,1H3. The Hall–Kier alpha value is -1.90. The van der Waals surface area contributed by atoms with E-state index in [1.165, 1.54) is 4.88 Å². The van der Waals surface area contributed by atoms with Crippen molar-refractivity contribution in [3.8, 4) is 11.8 Å². The highest BCUT2D eigenvalue weighted by molar-refractivity contribution is 7.09. The van der Waals surface area contributed by atoms with E-state index >= 15 is 0 Å². The molecular formula is C14H15N3OS. The van der Waals surface area contributed by atoms with Gasteiger partial charge in [-0.1, -0.05) is 12.1 Å². The Morgan fingerprint density at radius 3 is 3.05 bits per heavy atom. The zero-order chi connectivity index (χ0) is 13.5. The molecule has 0 saturated heterocycles. The number of hydrogen-bond donors (Lipinski definition) is 1. The summed E-state index contributed by atoms with van der Waals surface area (Å²) in [6.45, 7) is 3.68. The Morgan fingerprint density at radius 2 is 2.32 bits per heavy atom. The Kier molecular flexibility index (Phi) is 4.90. The number of aromatic nitrogens is 1. The van der Waals surface area contributed by atoms with Crippen molar-refractivity contribution < 1.29 is 4.74 Å². The third kappa shape index (κ3) is 4.05. The van der Waals surface area contributed by atoms with Gasteiger partial charge in [0.25, 0.3) is 0 Å². The molecule has 5 heteroatoms. The average molecular weight is 273 g/mol. The number of aryl methyl sites for hydroxylation is 1. The molecule has 1 N–H and O–H groups in total. The van der Waals surface area contributed by atoms with Crippen LogP contribution in [-0.4, -0.2) is 11.6 Å². The second-order valence-corrected chi connectivity index (χ2v) is 5.00. The van der Waals surface area contributed by atoms with E-state index in [0.717, 1.165) is 30.1 Å². The van der Waals surface area contributed by atoms with Gasteiger partial charge >= 0.3 is 0 Å². The Bertz CT molecular complexity index is 574. The minimum absolute atomic E-state index is 0.0803. The predicted octanol–water partition coefficient (Wildman–Crippen LogP) is 2.64. The summed E-state index contributed by atoms with van der Waals surface area (Å²) in [7, 11) is 0. The third-order valence-corrected chi connectivity index (χ3v) is 3.60. The smallest absolute Gasteiger partial charge is 0.174 e. The molecule has 0 aliphatic rings. The van der Waals surface area contributed by atoms with Crippen molar-refractivity contribution in [1.29, 1.82) is 5.26 Å². The number of thiazole rings is 1. The number of benzene rings is 1. The molecule has 2 rings (SSSR count). The predicted molar refractivity (Wildman–Crippen MR) is 74.9 cm³/mol. The minimum Gasteiger partial charge on any atom is -0.479 e. The van der Waals surface area contributed by atoms with Crippen LogP contribution in [0.2, 0.25) is 0 Å². The topological polar surface area (TPSA) is 57.9 Å². The molecule has 0 radical (unpaired) electrons. The largest absolute Gasteiger partial charge is 0.479 e. The van der Waals surface area contributed by atoms with Crippen molar-refractivity contribution >= 4 is 11.3 Å². The highest BCUT2D eigenvalue weighted by atomic mass is 32.1. The number of nitriles is 1. The number of ether oxygens (including phenoxy) is 1. The first-order chi connectivity index (χ1) is 9.29. The van der Waals surface area contributed by atoms with Crippen molar-refractivity contribution in [2.24, 2.45) is 0 Å². The Morgan fingerprint density at radius 1 is 1.42 bits per heavy atom. The van der Waals surface area contributed by atoms with Crippen molar-refractivity contribution in [1.82, 2.24) is 10.3 Å². The zero-order valence-corrected chi connectivity index (χ0v) is 11.5. The lowest BCUT2D eigenvalue weighted by atomic mass is 10.2. The van der Waals surface area contributed by atoms with E-state index in [0.29, 0.717) is 0 Å². The monoisotopic (exact) mass is 273 g/mol. The van der Waals surface area contributed by atoms with Crippen molar-refractivity contribution in [3.63, 3.8) is 0 Å². The molecule has 1 aromatic heterocycles. The number of nitrogens with one attached hydrogen (secondary N) is 1. The van der Waals surface area contributed by atoms with Gasteiger partial charge in [-0.15, -0.1) is 11.3 Å². The molecular weight excluding hydrogens is 258 g/mol. The van der Waals surface area contributed by atoms with Gasteiger partial charge in [0.1, 0.15) is 11.8 Å². The maximum absolute atomic E-state index is 8.48. The lowest BCUT2D eigenvalue weighted by Crippen LogP contribution is -2.12. The maximum Gasteiger partial charge on any atom is 0.174 e. The molecule has 0 bridgehead atoms. The number of hydrogen-bond acceptors (Lipinski definition) is 5. The van der Waals surface area contributed by atoms with Gasteiger partial charge in [-0.3, -0.25) is 0 Å². The molecule has 4 nitrogen and oxygen atoms in total. The minimum atomic E-state index is 0.0803. The first-order valence-corrected chi connectivity index (χ1v) is 6.86. The van der Waals surface area contributed by atoms with Crippen molar-refractivity contribution in [2.45, 2.75) is 20.0 Å². The first-order valence-electron chi connectivity index (χ1n) is 5.98. The molecule has 0 aliphatic heterocycles. The summed E-state index contributed by atoms with van der Waals surface area (Å²) in [5, 5.41) is 11.9. The van der Waals surface area contributed by atoms with Gasteiger partial charge < -0.3 is 10.1 Å². The summed E-state index contributed by atoms with van der Waals surface area (Å²) in [5.41, 5.74) is 4.09. The fraction of sp³-hybridized carbons (Fsp3) is 0.286. The molecule has 1 aromatic carbocycles. The van der Waals surface area contributed by atoms with Crippen LogP contribution in [0.3, 0.4) is 0 Å². The SMILES string of the molecule is Cc1ncsc1CNCc1cccc(OCC#N)c1. The molecule has 0 saturated carbocycles. The summed E-state index contributed by atoms with van der Waals surface area (Å²) in [6.07, 6.45) is 0. The van der Waals surface area contributed by atoms with Crippen LogP contribution < -0.4 is 10.1 Å². The van der Waals surface area contributed by atoms with E-state index < -0.39 is 0 Å². The fourth-order valence-corrected chi connectivity index (χ4v) is 2.42. The highest BCUT2D eigenvalue weighted by Gasteiger charge is 2.01. The summed E-state index contributed by atoms with van der Waals surface area (Å²) in [6, 6.07) is 9.73. The molecule has 0 spiro atoms. The summed E-state index contributed by atoms with van der Waals surface area (Å²) in [5.74, 6) is 0.731. The zero-order valence-electron chi connectivity index (χ0n) is 10.7. The third-order valence-electron chi connectivity index (χ3n) is 2.66. The van der Waals surface area contributed by atoms with Crippen LogP contribution in [0, 0.1) is 18.3 Å². The summed E-state index contributed by atoms with van der Waals surface area (Å²) in [4.78, 5) is 5.48. The molecule has 0 unspecified atom stereocenters. The lowest BCUT2D eigenvalue weighted by Gasteiger charge is -2.06. The molecule has 0 atom stereocenters. The van der Waals surface area contributed by atoms with Crippen LogP contribution in [0.25, 0.3) is 0 Å². The molecule has 1 heterocycles. The van der Waals surface area contributed by atoms with Crippen LogP contribution in [0.15, 0.2) is 29.8 Å². The van der Waals surface area contributed by atoms with E-state index in [1.807, 2.05) is 42.8 Å². The van der Waals surface area contributed by atoms with Crippen LogP contribution in [0.5, 0.6) is 5.75 Å². The molecule has 19 heavy (non-hydrogen) atoms. The van der Waals surface area contributed by atoms with Gasteiger partial charge in [0.2, 0.25) is 0 Å². The molecule has 0 amide bonds. The summed E-state index contributed by atoms with van der Waals surface area (Å²) < 4.78 is 5.27. The van der Waals surface area contributed by atoms with E-state index in [2.05, 4.69) is 10.3 Å².